The highest BCUT2D eigenvalue weighted by Crippen LogP contribution is 2.20. The fourth-order valence-corrected chi connectivity index (χ4v) is 3.40. The van der Waals surface area contributed by atoms with Gasteiger partial charge in [-0.2, -0.15) is 0 Å². The third kappa shape index (κ3) is 7.32. The van der Waals surface area contributed by atoms with Crippen molar-refractivity contribution in [3.8, 4) is 0 Å². The minimum atomic E-state index is 0. The van der Waals surface area contributed by atoms with Crippen molar-refractivity contribution in [2.75, 3.05) is 13.6 Å². The molecule has 0 amide bonds. The molecule has 0 radical (unpaired) electrons. The van der Waals surface area contributed by atoms with Gasteiger partial charge >= 0.3 is 0 Å². The molecule has 0 spiro atoms. The Morgan fingerprint density at radius 1 is 1.16 bits per heavy atom. The number of nitrogens with zero attached hydrogens (tertiary/aromatic N) is 2. The topological polar surface area (TPSA) is 49.3 Å². The first kappa shape index (κ1) is 21.9. The summed E-state index contributed by atoms with van der Waals surface area (Å²) in [6, 6.07) is 10.6. The Labute approximate surface area is 172 Å². The Kier molecular flexibility index (Phi) is 8.85. The van der Waals surface area contributed by atoms with Crippen molar-refractivity contribution in [1.29, 1.82) is 0 Å². The summed E-state index contributed by atoms with van der Waals surface area (Å²) in [5.41, 5.74) is 2.62. The number of nitrogens with one attached hydrogen (secondary N) is 2. The van der Waals surface area contributed by atoms with E-state index in [-0.39, 0.29) is 29.4 Å². The van der Waals surface area contributed by atoms with Gasteiger partial charge in [0.2, 0.25) is 0 Å². The van der Waals surface area contributed by atoms with E-state index in [2.05, 4.69) is 78.6 Å². The average Bonchev–Trinajstić information content (AvgIpc) is 2.86. The van der Waals surface area contributed by atoms with Crippen molar-refractivity contribution in [2.45, 2.75) is 40.7 Å². The number of hydrogen-bond donors (Lipinski definition) is 2. The third-order valence-electron chi connectivity index (χ3n) is 3.96. The minimum absolute atomic E-state index is 0. The molecule has 1 heterocycles. The number of rotatable bonds is 6. The van der Waals surface area contributed by atoms with Gasteiger partial charge in [-0.05, 0) is 31.2 Å². The summed E-state index contributed by atoms with van der Waals surface area (Å²) in [4.78, 5) is 10.1. The van der Waals surface area contributed by atoms with Crippen molar-refractivity contribution in [3.05, 3.63) is 51.5 Å². The predicted octanol–water partition coefficient (Wildman–Crippen LogP) is 4.31. The van der Waals surface area contributed by atoms with Crippen LogP contribution in [0.25, 0.3) is 0 Å². The zero-order chi connectivity index (χ0) is 17.6. The second kappa shape index (κ2) is 10.1. The van der Waals surface area contributed by atoms with Gasteiger partial charge in [-0.3, -0.25) is 4.99 Å². The number of aliphatic imine (C=N–C) groups is 1. The molecule has 4 nitrogen and oxygen atoms in total. The number of guanidine groups is 1. The van der Waals surface area contributed by atoms with Gasteiger partial charge in [-0.25, -0.2) is 4.98 Å². The Balaban J connectivity index is 0.00000312. The molecule has 0 aliphatic carbocycles. The Morgan fingerprint density at radius 3 is 2.40 bits per heavy atom. The van der Waals surface area contributed by atoms with Gasteiger partial charge in [-0.15, -0.1) is 35.3 Å². The minimum Gasteiger partial charge on any atom is -0.356 e. The summed E-state index contributed by atoms with van der Waals surface area (Å²) in [6.07, 6.45) is 1.03. The first-order valence-electron chi connectivity index (χ1n) is 8.31. The van der Waals surface area contributed by atoms with Crippen LogP contribution >= 0.6 is 35.3 Å². The molecule has 2 rings (SSSR count). The second-order valence-corrected chi connectivity index (χ2v) is 8.14. The number of thiazole rings is 1. The van der Waals surface area contributed by atoms with Gasteiger partial charge in [0.1, 0.15) is 5.01 Å². The summed E-state index contributed by atoms with van der Waals surface area (Å²) in [5.74, 6) is 0.821. The molecule has 0 bridgehead atoms. The van der Waals surface area contributed by atoms with Gasteiger partial charge < -0.3 is 10.6 Å². The molecular weight excluding hydrogens is 443 g/mol. The van der Waals surface area contributed by atoms with E-state index in [1.165, 1.54) is 10.4 Å². The predicted molar refractivity (Wildman–Crippen MR) is 119 cm³/mol. The molecule has 0 unspecified atom stereocenters. The Bertz CT molecular complexity index is 660. The van der Waals surface area contributed by atoms with Crippen LogP contribution in [0.1, 0.15) is 35.0 Å². The Morgan fingerprint density at radius 2 is 1.84 bits per heavy atom. The SMILES string of the molecule is CN=C(NCc1nc(C)c(C)s1)NCC(C)(C)Cc1ccccc1.I. The molecule has 0 saturated heterocycles. The normalized spacial score (nSPS) is 11.8. The Hall–Kier alpha value is -1.15. The van der Waals surface area contributed by atoms with Crippen molar-refractivity contribution in [2.24, 2.45) is 10.4 Å². The maximum Gasteiger partial charge on any atom is 0.191 e. The van der Waals surface area contributed by atoms with Crippen LogP contribution in [0.3, 0.4) is 0 Å². The largest absolute Gasteiger partial charge is 0.356 e. The molecule has 0 atom stereocenters. The summed E-state index contributed by atoms with van der Waals surface area (Å²) in [5, 5.41) is 7.88. The third-order valence-corrected chi connectivity index (χ3v) is 5.04. The van der Waals surface area contributed by atoms with E-state index in [0.29, 0.717) is 6.54 Å². The van der Waals surface area contributed by atoms with Crippen LogP contribution in [0, 0.1) is 19.3 Å². The second-order valence-electron chi connectivity index (χ2n) is 6.86. The van der Waals surface area contributed by atoms with Crippen LogP contribution < -0.4 is 10.6 Å². The highest BCUT2D eigenvalue weighted by molar-refractivity contribution is 14.0. The number of halogens is 1. The molecule has 0 fully saturated rings. The molecule has 25 heavy (non-hydrogen) atoms. The van der Waals surface area contributed by atoms with Crippen molar-refractivity contribution in [3.63, 3.8) is 0 Å². The first-order valence-corrected chi connectivity index (χ1v) is 9.12. The molecule has 2 N–H and O–H groups in total. The van der Waals surface area contributed by atoms with Crippen molar-refractivity contribution >= 4 is 41.3 Å². The van der Waals surface area contributed by atoms with E-state index in [0.717, 1.165) is 29.6 Å². The van der Waals surface area contributed by atoms with Crippen LogP contribution in [0.15, 0.2) is 35.3 Å². The maximum atomic E-state index is 4.55. The maximum absolute atomic E-state index is 4.55. The van der Waals surface area contributed by atoms with E-state index >= 15 is 0 Å². The lowest BCUT2D eigenvalue weighted by atomic mass is 9.86. The average molecular weight is 472 g/mol. The highest BCUT2D eigenvalue weighted by Gasteiger charge is 2.19. The molecule has 1 aromatic heterocycles. The molecule has 138 valence electrons. The fourth-order valence-electron chi connectivity index (χ4n) is 2.53. The van der Waals surface area contributed by atoms with Gasteiger partial charge in [0.15, 0.2) is 5.96 Å². The van der Waals surface area contributed by atoms with E-state index in [9.17, 15) is 0 Å². The number of hydrogen-bond acceptors (Lipinski definition) is 3. The monoisotopic (exact) mass is 472 g/mol. The summed E-state index contributed by atoms with van der Waals surface area (Å²) in [6.45, 7) is 10.3. The lowest BCUT2D eigenvalue weighted by molar-refractivity contribution is 0.359. The molecule has 6 heteroatoms. The lowest BCUT2D eigenvalue weighted by Crippen LogP contribution is -2.42. The van der Waals surface area contributed by atoms with Gasteiger partial charge in [-0.1, -0.05) is 44.2 Å². The molecule has 0 aliphatic heterocycles. The van der Waals surface area contributed by atoms with E-state index < -0.39 is 0 Å². The molecular formula is C19H29IN4S. The summed E-state index contributed by atoms with van der Waals surface area (Å²) < 4.78 is 0. The first-order chi connectivity index (χ1) is 11.4. The summed E-state index contributed by atoms with van der Waals surface area (Å²) in [7, 11) is 1.80. The molecule has 0 aliphatic rings. The zero-order valence-electron chi connectivity index (χ0n) is 15.7. The van der Waals surface area contributed by atoms with E-state index in [1.54, 1.807) is 18.4 Å². The smallest absolute Gasteiger partial charge is 0.191 e. The van der Waals surface area contributed by atoms with Crippen LogP contribution in [0.2, 0.25) is 0 Å². The van der Waals surface area contributed by atoms with Crippen molar-refractivity contribution in [1.82, 2.24) is 15.6 Å². The quantitative estimate of drug-likeness (QED) is 0.374. The number of aryl methyl sites for hydroxylation is 2. The lowest BCUT2D eigenvalue weighted by Gasteiger charge is -2.26. The van der Waals surface area contributed by atoms with Crippen LogP contribution in [-0.4, -0.2) is 24.5 Å². The van der Waals surface area contributed by atoms with E-state index in [4.69, 9.17) is 0 Å². The number of aromatic nitrogens is 1. The fraction of sp³-hybridized carbons (Fsp3) is 0.474. The van der Waals surface area contributed by atoms with Gasteiger partial charge in [0.25, 0.3) is 0 Å². The van der Waals surface area contributed by atoms with Crippen LogP contribution in [0.5, 0.6) is 0 Å². The highest BCUT2D eigenvalue weighted by atomic mass is 127. The molecule has 0 saturated carbocycles. The molecule has 2 aromatic rings. The summed E-state index contributed by atoms with van der Waals surface area (Å²) >= 11 is 1.74. The van der Waals surface area contributed by atoms with Crippen molar-refractivity contribution < 1.29 is 0 Å². The van der Waals surface area contributed by atoms with E-state index in [1.807, 2.05) is 0 Å². The van der Waals surface area contributed by atoms with Crippen LogP contribution in [-0.2, 0) is 13.0 Å². The number of benzene rings is 1. The van der Waals surface area contributed by atoms with Gasteiger partial charge in [0, 0.05) is 18.5 Å². The van der Waals surface area contributed by atoms with Crippen LogP contribution in [0.4, 0.5) is 0 Å². The zero-order valence-corrected chi connectivity index (χ0v) is 18.9. The molecule has 1 aromatic carbocycles. The standard InChI is InChI=1S/C19H28N4S.HI/c1-14-15(2)24-17(23-14)12-21-18(20-5)22-13-19(3,4)11-16-9-7-6-8-10-16;/h6-10H,11-13H2,1-5H3,(H2,20,21,22);1H. The van der Waals surface area contributed by atoms with Gasteiger partial charge in [0.05, 0.1) is 12.2 Å².